The van der Waals surface area contributed by atoms with E-state index in [2.05, 4.69) is 30.0 Å². The van der Waals surface area contributed by atoms with Crippen LogP contribution < -0.4 is 4.90 Å². The van der Waals surface area contributed by atoms with Crippen molar-refractivity contribution in [3.05, 3.63) is 29.8 Å². The van der Waals surface area contributed by atoms with Crippen LogP contribution in [0.5, 0.6) is 0 Å². The fourth-order valence-corrected chi connectivity index (χ4v) is 7.62. The molecule has 150 valence electrons. The first-order valence-electron chi connectivity index (χ1n) is 10.7. The van der Waals surface area contributed by atoms with E-state index in [1.54, 1.807) is 6.92 Å². The van der Waals surface area contributed by atoms with Crippen LogP contribution in [0.15, 0.2) is 24.3 Å². The summed E-state index contributed by atoms with van der Waals surface area (Å²) in [6.45, 7) is 6.11. The SMILES string of the molecule is CC[C@@]12CCCN3CC[C@@]4(c5ccccc5N(C(C)=O)[C@H]4[C@@H](C(=O)OC)C1)[C@@H]32. The monoisotopic (exact) mass is 382 g/mol. The van der Waals surface area contributed by atoms with Crippen LogP contribution in [-0.2, 0) is 19.7 Å². The molecule has 0 N–H and O–H groups in total. The lowest BCUT2D eigenvalue weighted by atomic mass is 9.49. The molecular weight excluding hydrogens is 352 g/mol. The van der Waals surface area contributed by atoms with Gasteiger partial charge in [-0.15, -0.1) is 0 Å². The van der Waals surface area contributed by atoms with Crippen molar-refractivity contribution in [2.45, 2.75) is 63.5 Å². The van der Waals surface area contributed by atoms with Gasteiger partial charge in [0.1, 0.15) is 0 Å². The van der Waals surface area contributed by atoms with Gasteiger partial charge in [0.25, 0.3) is 0 Å². The fourth-order valence-electron chi connectivity index (χ4n) is 7.62. The number of carbonyl (C=O) groups is 2. The highest BCUT2D eigenvalue weighted by Gasteiger charge is 2.71. The zero-order valence-electron chi connectivity index (χ0n) is 17.1. The number of hydrogen-bond donors (Lipinski definition) is 0. The summed E-state index contributed by atoms with van der Waals surface area (Å²) in [5.41, 5.74) is 2.23. The van der Waals surface area contributed by atoms with Crippen LogP contribution >= 0.6 is 0 Å². The van der Waals surface area contributed by atoms with E-state index in [4.69, 9.17) is 4.74 Å². The molecule has 4 aliphatic rings. The number of amides is 1. The van der Waals surface area contributed by atoms with Crippen molar-refractivity contribution in [1.82, 2.24) is 4.90 Å². The smallest absolute Gasteiger partial charge is 0.310 e. The molecule has 0 radical (unpaired) electrons. The lowest BCUT2D eigenvalue weighted by Crippen LogP contribution is -2.69. The maximum Gasteiger partial charge on any atom is 0.310 e. The first-order valence-corrected chi connectivity index (χ1v) is 10.7. The Morgan fingerprint density at radius 1 is 1.21 bits per heavy atom. The summed E-state index contributed by atoms with van der Waals surface area (Å²) in [5, 5.41) is 0. The van der Waals surface area contributed by atoms with Gasteiger partial charge in [-0.25, -0.2) is 0 Å². The Labute approximate surface area is 167 Å². The molecule has 3 fully saturated rings. The van der Waals surface area contributed by atoms with Crippen molar-refractivity contribution in [2.75, 3.05) is 25.1 Å². The topological polar surface area (TPSA) is 49.9 Å². The summed E-state index contributed by atoms with van der Waals surface area (Å²) in [6.07, 6.45) is 5.25. The van der Waals surface area contributed by atoms with Crippen LogP contribution in [0.25, 0.3) is 0 Å². The van der Waals surface area contributed by atoms with Crippen molar-refractivity contribution < 1.29 is 14.3 Å². The molecule has 0 unspecified atom stereocenters. The lowest BCUT2D eigenvalue weighted by molar-refractivity contribution is -0.154. The number of hydrogen-bond acceptors (Lipinski definition) is 4. The predicted octanol–water partition coefficient (Wildman–Crippen LogP) is 3.12. The fraction of sp³-hybridized carbons (Fsp3) is 0.652. The van der Waals surface area contributed by atoms with Gasteiger partial charge in [0.05, 0.1) is 19.1 Å². The van der Waals surface area contributed by atoms with E-state index in [0.717, 1.165) is 44.5 Å². The largest absolute Gasteiger partial charge is 0.469 e. The predicted molar refractivity (Wildman–Crippen MR) is 107 cm³/mol. The third-order valence-corrected chi connectivity index (χ3v) is 8.39. The number of anilines is 1. The molecule has 5 rings (SSSR count). The Kier molecular flexibility index (Phi) is 3.93. The van der Waals surface area contributed by atoms with E-state index in [1.807, 2.05) is 11.0 Å². The molecule has 28 heavy (non-hydrogen) atoms. The summed E-state index contributed by atoms with van der Waals surface area (Å²) in [4.78, 5) is 30.5. The molecule has 3 aliphatic heterocycles. The second kappa shape index (κ2) is 6.06. The Bertz CT molecular complexity index is 839. The normalized spacial score (nSPS) is 38.5. The molecule has 0 aromatic heterocycles. The summed E-state index contributed by atoms with van der Waals surface area (Å²) in [6, 6.07) is 8.64. The second-order valence-corrected chi connectivity index (χ2v) is 9.23. The van der Waals surface area contributed by atoms with Gasteiger partial charge >= 0.3 is 5.97 Å². The van der Waals surface area contributed by atoms with E-state index in [0.29, 0.717) is 6.04 Å². The summed E-state index contributed by atoms with van der Waals surface area (Å²) in [7, 11) is 1.49. The van der Waals surface area contributed by atoms with E-state index in [9.17, 15) is 9.59 Å². The average Bonchev–Trinajstić information content (AvgIpc) is 3.25. The second-order valence-electron chi connectivity index (χ2n) is 9.23. The molecule has 5 nitrogen and oxygen atoms in total. The van der Waals surface area contributed by atoms with Gasteiger partial charge in [0.15, 0.2) is 0 Å². The summed E-state index contributed by atoms with van der Waals surface area (Å²) < 4.78 is 5.31. The van der Waals surface area contributed by atoms with E-state index < -0.39 is 0 Å². The summed E-state index contributed by atoms with van der Waals surface area (Å²) in [5.74, 6) is -0.393. The highest BCUT2D eigenvalue weighted by molar-refractivity contribution is 5.97. The first-order chi connectivity index (χ1) is 13.5. The lowest BCUT2D eigenvalue weighted by Gasteiger charge is -2.60. The molecule has 1 aromatic carbocycles. The molecule has 1 amide bonds. The Hall–Kier alpha value is -1.88. The maximum absolute atomic E-state index is 13.1. The number of rotatable bonds is 2. The van der Waals surface area contributed by atoms with Gasteiger partial charge in [-0.1, -0.05) is 25.1 Å². The number of esters is 1. The van der Waals surface area contributed by atoms with Crippen molar-refractivity contribution >= 4 is 17.6 Å². The van der Waals surface area contributed by atoms with Gasteiger partial charge < -0.3 is 9.64 Å². The average molecular weight is 383 g/mol. The van der Waals surface area contributed by atoms with Crippen molar-refractivity contribution in [3.63, 3.8) is 0 Å². The number of nitrogens with zero attached hydrogens (tertiary/aromatic N) is 2. The van der Waals surface area contributed by atoms with Crippen LogP contribution in [0, 0.1) is 11.3 Å². The Balaban J connectivity index is 1.79. The quantitative estimate of drug-likeness (QED) is 0.738. The van der Waals surface area contributed by atoms with Crippen molar-refractivity contribution in [1.29, 1.82) is 0 Å². The first kappa shape index (κ1) is 18.2. The minimum Gasteiger partial charge on any atom is -0.469 e. The molecular formula is C23H30N2O3. The van der Waals surface area contributed by atoms with Crippen LogP contribution in [0.3, 0.4) is 0 Å². The number of piperidine rings is 1. The highest BCUT2D eigenvalue weighted by atomic mass is 16.5. The Morgan fingerprint density at radius 2 is 2.00 bits per heavy atom. The standard InChI is InChI=1S/C23H30N2O3/c1-4-22-10-7-12-24-13-11-23(21(22)24)17-8-5-6-9-18(17)25(15(2)26)19(23)16(14-22)20(27)28-3/h5-6,8-9,16,19,21H,4,7,10-14H2,1-3H3/t16-,19-,21-,22+,23-/m0/s1. The Morgan fingerprint density at radius 3 is 2.71 bits per heavy atom. The van der Waals surface area contributed by atoms with E-state index in [-0.39, 0.29) is 34.7 Å². The molecule has 5 atom stereocenters. The molecule has 1 spiro atoms. The minimum absolute atomic E-state index is 0.0292. The maximum atomic E-state index is 13.1. The van der Waals surface area contributed by atoms with Gasteiger partial charge in [-0.2, -0.15) is 0 Å². The molecule has 0 bridgehead atoms. The number of benzene rings is 1. The van der Waals surface area contributed by atoms with E-state index in [1.165, 1.54) is 19.1 Å². The van der Waals surface area contributed by atoms with E-state index >= 15 is 0 Å². The van der Waals surface area contributed by atoms with Crippen molar-refractivity contribution in [3.8, 4) is 0 Å². The van der Waals surface area contributed by atoms with Gasteiger partial charge in [-0.05, 0) is 62.2 Å². The zero-order chi connectivity index (χ0) is 19.7. The van der Waals surface area contributed by atoms with Crippen LogP contribution in [0.4, 0.5) is 5.69 Å². The number of ether oxygens (including phenoxy) is 1. The third kappa shape index (κ3) is 2.01. The minimum atomic E-state index is -0.268. The molecule has 3 heterocycles. The van der Waals surface area contributed by atoms with Crippen molar-refractivity contribution in [2.24, 2.45) is 11.3 Å². The van der Waals surface area contributed by atoms with Crippen LogP contribution in [-0.4, -0.2) is 49.1 Å². The van der Waals surface area contributed by atoms with Gasteiger partial charge in [-0.3, -0.25) is 14.5 Å². The number of methoxy groups -OCH3 is 1. The molecule has 1 aromatic rings. The molecule has 1 aliphatic carbocycles. The number of fused-ring (bicyclic) bond motifs is 1. The van der Waals surface area contributed by atoms with Gasteiger partial charge in [0.2, 0.25) is 5.91 Å². The summed E-state index contributed by atoms with van der Waals surface area (Å²) >= 11 is 0. The third-order valence-electron chi connectivity index (χ3n) is 8.39. The highest BCUT2D eigenvalue weighted by Crippen LogP contribution is 2.66. The number of para-hydroxylation sites is 1. The molecule has 1 saturated carbocycles. The number of carbonyl (C=O) groups excluding carboxylic acids is 2. The molecule has 2 saturated heterocycles. The van der Waals surface area contributed by atoms with Crippen LogP contribution in [0.1, 0.15) is 51.5 Å². The zero-order valence-corrected chi connectivity index (χ0v) is 17.1. The van der Waals surface area contributed by atoms with Gasteiger partial charge in [0, 0.05) is 24.1 Å². The van der Waals surface area contributed by atoms with Crippen LogP contribution in [0.2, 0.25) is 0 Å². The molecule has 5 heteroatoms.